The third kappa shape index (κ3) is 2.67. The summed E-state index contributed by atoms with van der Waals surface area (Å²) in [4.78, 5) is 0. The zero-order valence-corrected chi connectivity index (χ0v) is 11.9. The van der Waals surface area contributed by atoms with Crippen molar-refractivity contribution < 1.29 is 4.42 Å². The molecule has 0 radical (unpaired) electrons. The van der Waals surface area contributed by atoms with E-state index >= 15 is 0 Å². The minimum atomic E-state index is -0.0365. The van der Waals surface area contributed by atoms with Gasteiger partial charge < -0.3 is 15.9 Å². The van der Waals surface area contributed by atoms with Crippen molar-refractivity contribution in [2.45, 2.75) is 25.7 Å². The van der Waals surface area contributed by atoms with Gasteiger partial charge >= 0.3 is 0 Å². The third-order valence-electron chi connectivity index (χ3n) is 3.84. The van der Waals surface area contributed by atoms with Gasteiger partial charge in [0.05, 0.1) is 12.0 Å². The van der Waals surface area contributed by atoms with Crippen molar-refractivity contribution in [2.24, 2.45) is 21.7 Å². The van der Waals surface area contributed by atoms with Gasteiger partial charge in [0.2, 0.25) is 5.96 Å². The number of fused-ring (bicyclic) bond motifs is 1. The molecule has 0 spiro atoms. The predicted molar refractivity (Wildman–Crippen MR) is 83.3 cm³/mol. The molecule has 1 aliphatic carbocycles. The molecule has 1 aromatic carbocycles. The molecular weight excluding hydrogens is 264 g/mol. The largest absolute Gasteiger partial charge is 0.469 e. The van der Waals surface area contributed by atoms with Crippen LogP contribution in [0.3, 0.4) is 0 Å². The van der Waals surface area contributed by atoms with E-state index in [1.807, 2.05) is 12.1 Å². The van der Waals surface area contributed by atoms with E-state index in [1.165, 1.54) is 11.1 Å². The highest BCUT2D eigenvalue weighted by atomic mass is 16.3. The Morgan fingerprint density at radius 2 is 2.00 bits per heavy atom. The van der Waals surface area contributed by atoms with Crippen LogP contribution in [0, 0.1) is 6.92 Å². The molecule has 1 aliphatic rings. The van der Waals surface area contributed by atoms with Crippen LogP contribution in [0.5, 0.6) is 0 Å². The molecule has 108 valence electrons. The lowest BCUT2D eigenvalue weighted by Gasteiger charge is -2.24. The Labute approximate surface area is 123 Å². The first-order chi connectivity index (χ1) is 10.1. The minimum absolute atomic E-state index is 0.0365. The Kier molecular flexibility index (Phi) is 3.48. The van der Waals surface area contributed by atoms with Crippen LogP contribution in [-0.2, 0) is 6.42 Å². The number of guanidine groups is 1. The smallest absolute Gasteiger partial charge is 0.211 e. The van der Waals surface area contributed by atoms with Crippen LogP contribution in [0.25, 0.3) is 0 Å². The average molecular weight is 282 g/mol. The molecule has 0 bridgehead atoms. The van der Waals surface area contributed by atoms with Crippen molar-refractivity contribution in [3.63, 3.8) is 0 Å². The van der Waals surface area contributed by atoms with Crippen LogP contribution in [-0.4, -0.2) is 11.7 Å². The quantitative estimate of drug-likeness (QED) is 0.503. The van der Waals surface area contributed by atoms with Crippen molar-refractivity contribution in [2.75, 3.05) is 0 Å². The van der Waals surface area contributed by atoms with E-state index in [2.05, 4.69) is 35.3 Å². The Hall–Kier alpha value is -2.56. The lowest BCUT2D eigenvalue weighted by Crippen LogP contribution is -2.23. The Bertz CT molecular complexity index is 711. The second kappa shape index (κ2) is 5.44. The van der Waals surface area contributed by atoms with Crippen LogP contribution < -0.4 is 11.5 Å². The first-order valence-electron chi connectivity index (χ1n) is 6.93. The summed E-state index contributed by atoms with van der Waals surface area (Å²) in [5.41, 5.74) is 15.2. The molecule has 3 rings (SSSR count). The molecule has 5 nitrogen and oxygen atoms in total. The maximum atomic E-state index is 5.59. The summed E-state index contributed by atoms with van der Waals surface area (Å²) in [5, 5.41) is 7.99. The number of furan rings is 1. The van der Waals surface area contributed by atoms with Gasteiger partial charge in [-0.3, -0.25) is 0 Å². The molecule has 1 aromatic heterocycles. The van der Waals surface area contributed by atoms with E-state index < -0.39 is 0 Å². The fraction of sp³-hybridized carbons (Fsp3) is 0.250. The van der Waals surface area contributed by atoms with E-state index in [4.69, 9.17) is 15.9 Å². The molecule has 0 saturated heterocycles. The Morgan fingerprint density at radius 3 is 2.76 bits per heavy atom. The monoisotopic (exact) mass is 282 g/mol. The molecule has 0 saturated carbocycles. The summed E-state index contributed by atoms with van der Waals surface area (Å²) in [5.74, 6) is 1.24. The molecule has 2 aromatic rings. The Balaban J connectivity index is 2.00. The lowest BCUT2D eigenvalue weighted by molar-refractivity contribution is 0.480. The van der Waals surface area contributed by atoms with Gasteiger partial charge in [-0.1, -0.05) is 24.3 Å². The maximum absolute atomic E-state index is 5.59. The van der Waals surface area contributed by atoms with Gasteiger partial charge in [0.1, 0.15) is 5.76 Å². The van der Waals surface area contributed by atoms with E-state index in [0.717, 1.165) is 29.9 Å². The number of aryl methyl sites for hydroxylation is 1. The zero-order chi connectivity index (χ0) is 14.8. The average Bonchev–Trinajstić information content (AvgIpc) is 2.93. The SMILES string of the molecule is Cc1ccccc1C1CC(=NN=C(N)N)c2ccoc2C1. The normalized spacial score (nSPS) is 19.3. The minimum Gasteiger partial charge on any atom is -0.469 e. The van der Waals surface area contributed by atoms with Crippen LogP contribution in [0.1, 0.15) is 34.8 Å². The second-order valence-corrected chi connectivity index (χ2v) is 5.29. The third-order valence-corrected chi connectivity index (χ3v) is 3.84. The van der Waals surface area contributed by atoms with Gasteiger partial charge in [0.25, 0.3) is 0 Å². The molecule has 21 heavy (non-hydrogen) atoms. The molecular formula is C16H18N4O. The highest BCUT2D eigenvalue weighted by molar-refractivity contribution is 6.03. The predicted octanol–water partition coefficient (Wildman–Crippen LogP) is 2.30. The topological polar surface area (TPSA) is 89.9 Å². The molecule has 0 fully saturated rings. The van der Waals surface area contributed by atoms with Gasteiger partial charge in [-0.05, 0) is 36.5 Å². The first kappa shape index (κ1) is 13.4. The number of rotatable bonds is 2. The van der Waals surface area contributed by atoms with Gasteiger partial charge in [0, 0.05) is 12.0 Å². The maximum Gasteiger partial charge on any atom is 0.211 e. The summed E-state index contributed by atoms with van der Waals surface area (Å²) in [6.07, 6.45) is 3.36. The lowest BCUT2D eigenvalue weighted by atomic mass is 9.81. The molecule has 4 N–H and O–H groups in total. The standard InChI is InChI=1S/C16H18N4O/c1-10-4-2-3-5-12(10)11-8-14(19-20-16(17)18)13-6-7-21-15(13)9-11/h2-7,11H,8-9H2,1H3,(H4,17,18,20). The second-order valence-electron chi connectivity index (χ2n) is 5.29. The highest BCUT2D eigenvalue weighted by Gasteiger charge is 2.28. The fourth-order valence-electron chi connectivity index (χ4n) is 2.87. The van der Waals surface area contributed by atoms with Crippen LogP contribution >= 0.6 is 0 Å². The van der Waals surface area contributed by atoms with Crippen LogP contribution in [0.2, 0.25) is 0 Å². The summed E-state index contributed by atoms with van der Waals surface area (Å²) in [6.45, 7) is 2.12. The van der Waals surface area contributed by atoms with Crippen molar-refractivity contribution in [1.29, 1.82) is 0 Å². The number of nitrogens with two attached hydrogens (primary N) is 2. The molecule has 0 amide bonds. The van der Waals surface area contributed by atoms with Crippen LogP contribution in [0.4, 0.5) is 0 Å². The van der Waals surface area contributed by atoms with E-state index in [0.29, 0.717) is 5.92 Å². The summed E-state index contributed by atoms with van der Waals surface area (Å²) < 4.78 is 5.59. The fourth-order valence-corrected chi connectivity index (χ4v) is 2.87. The number of nitrogens with zero attached hydrogens (tertiary/aromatic N) is 2. The number of benzene rings is 1. The van der Waals surface area contributed by atoms with Crippen molar-refractivity contribution >= 4 is 11.7 Å². The van der Waals surface area contributed by atoms with E-state index in [1.54, 1.807) is 6.26 Å². The van der Waals surface area contributed by atoms with E-state index in [-0.39, 0.29) is 5.96 Å². The Morgan fingerprint density at radius 1 is 1.19 bits per heavy atom. The molecule has 1 unspecified atom stereocenters. The molecule has 1 heterocycles. The van der Waals surface area contributed by atoms with Gasteiger partial charge in [-0.25, -0.2) is 0 Å². The van der Waals surface area contributed by atoms with Crippen molar-refractivity contribution in [3.8, 4) is 0 Å². The first-order valence-corrected chi connectivity index (χ1v) is 6.93. The summed E-state index contributed by atoms with van der Waals surface area (Å²) >= 11 is 0. The number of hydrogen-bond donors (Lipinski definition) is 2. The van der Waals surface area contributed by atoms with Crippen molar-refractivity contribution in [1.82, 2.24) is 0 Å². The zero-order valence-electron chi connectivity index (χ0n) is 11.9. The van der Waals surface area contributed by atoms with E-state index in [9.17, 15) is 0 Å². The summed E-state index contributed by atoms with van der Waals surface area (Å²) in [6, 6.07) is 10.3. The van der Waals surface area contributed by atoms with Crippen molar-refractivity contribution in [3.05, 3.63) is 59.0 Å². The van der Waals surface area contributed by atoms with Crippen LogP contribution in [0.15, 0.2) is 51.2 Å². The number of hydrogen-bond acceptors (Lipinski definition) is 3. The molecule has 5 heteroatoms. The molecule has 0 aliphatic heterocycles. The van der Waals surface area contributed by atoms with Gasteiger partial charge in [-0.2, -0.15) is 5.10 Å². The summed E-state index contributed by atoms with van der Waals surface area (Å²) in [7, 11) is 0. The van der Waals surface area contributed by atoms with Gasteiger partial charge in [-0.15, -0.1) is 5.10 Å². The highest BCUT2D eigenvalue weighted by Crippen LogP contribution is 2.35. The molecule has 1 atom stereocenters. The van der Waals surface area contributed by atoms with Gasteiger partial charge in [0.15, 0.2) is 0 Å².